The lowest BCUT2D eigenvalue weighted by atomic mass is 10.0. The second kappa shape index (κ2) is 7.85. The van der Waals surface area contributed by atoms with Crippen LogP contribution in [0.25, 0.3) is 0 Å². The van der Waals surface area contributed by atoms with E-state index >= 15 is 0 Å². The van der Waals surface area contributed by atoms with Gasteiger partial charge in [-0.15, -0.1) is 0 Å². The second-order valence-electron chi connectivity index (χ2n) is 5.06. The average Bonchev–Trinajstić information content (AvgIpc) is 2.50. The molecule has 1 aromatic rings. The molecular formula is C14H18F6O3Si. The highest BCUT2D eigenvalue weighted by Crippen LogP contribution is 2.36. The molecule has 3 nitrogen and oxygen atoms in total. The van der Waals surface area contributed by atoms with Gasteiger partial charge in [-0.2, -0.15) is 26.3 Å². The van der Waals surface area contributed by atoms with Gasteiger partial charge in [0.25, 0.3) is 0 Å². The van der Waals surface area contributed by atoms with E-state index in [1.54, 1.807) is 0 Å². The summed E-state index contributed by atoms with van der Waals surface area (Å²) < 4.78 is 92.2. The summed E-state index contributed by atoms with van der Waals surface area (Å²) in [6, 6.07) is 1.84. The summed E-state index contributed by atoms with van der Waals surface area (Å²) in [5.74, 6) is 0. The molecule has 0 spiro atoms. The fraction of sp³-hybridized carbons (Fsp3) is 0.571. The standard InChI is InChI=1S/C14H18F6O3Si/c1-21-24(22-2,23-3)6-4-5-10-7-11(13(15,16)17)9-12(8-10)14(18,19)20/h7-9H,4-6H2,1-3H3. The normalized spacial score (nSPS) is 13.4. The molecule has 0 bridgehead atoms. The first-order valence-corrected chi connectivity index (χ1v) is 8.84. The van der Waals surface area contributed by atoms with Crippen molar-refractivity contribution in [1.29, 1.82) is 0 Å². The Morgan fingerprint density at radius 2 is 1.21 bits per heavy atom. The maximum Gasteiger partial charge on any atom is 0.500 e. The number of hydrogen-bond acceptors (Lipinski definition) is 3. The van der Waals surface area contributed by atoms with Crippen LogP contribution < -0.4 is 0 Å². The van der Waals surface area contributed by atoms with Crippen LogP contribution in [0.1, 0.15) is 23.1 Å². The zero-order valence-corrected chi connectivity index (χ0v) is 14.3. The average molecular weight is 376 g/mol. The highest BCUT2D eigenvalue weighted by atomic mass is 28.4. The molecule has 0 aromatic heterocycles. The van der Waals surface area contributed by atoms with Crippen LogP contribution in [0.2, 0.25) is 6.04 Å². The number of hydrogen-bond donors (Lipinski definition) is 0. The van der Waals surface area contributed by atoms with Crippen molar-refractivity contribution in [2.75, 3.05) is 21.3 Å². The Labute approximate surface area is 136 Å². The molecular weight excluding hydrogens is 358 g/mol. The maximum absolute atomic E-state index is 12.8. The first-order valence-electron chi connectivity index (χ1n) is 6.91. The first-order chi connectivity index (χ1) is 11.0. The Hall–Kier alpha value is -1.10. The van der Waals surface area contributed by atoms with E-state index in [2.05, 4.69) is 0 Å². The summed E-state index contributed by atoms with van der Waals surface area (Å²) in [6.45, 7) is 0. The topological polar surface area (TPSA) is 27.7 Å². The minimum atomic E-state index is -4.85. The molecule has 1 aromatic carbocycles. The van der Waals surface area contributed by atoms with Gasteiger partial charge in [-0.3, -0.25) is 0 Å². The van der Waals surface area contributed by atoms with E-state index in [-0.39, 0.29) is 30.5 Å². The van der Waals surface area contributed by atoms with Crippen molar-refractivity contribution in [2.24, 2.45) is 0 Å². The quantitative estimate of drug-likeness (QED) is 0.517. The van der Waals surface area contributed by atoms with Gasteiger partial charge < -0.3 is 13.3 Å². The summed E-state index contributed by atoms with van der Waals surface area (Å²) in [7, 11) is 1.22. The second-order valence-corrected chi connectivity index (χ2v) is 8.15. The Morgan fingerprint density at radius 3 is 1.54 bits per heavy atom. The summed E-state index contributed by atoms with van der Waals surface area (Å²) in [4.78, 5) is 0. The zero-order chi connectivity index (χ0) is 18.6. The molecule has 0 aliphatic carbocycles. The third kappa shape index (κ3) is 5.47. The van der Waals surface area contributed by atoms with Gasteiger partial charge in [-0.25, -0.2) is 0 Å². The Kier molecular flexibility index (Phi) is 6.85. The molecule has 138 valence electrons. The van der Waals surface area contributed by atoms with E-state index in [1.165, 1.54) is 21.3 Å². The smallest absolute Gasteiger partial charge is 0.377 e. The lowest BCUT2D eigenvalue weighted by Crippen LogP contribution is -2.42. The van der Waals surface area contributed by atoms with Gasteiger partial charge in [0, 0.05) is 27.4 Å². The molecule has 0 amide bonds. The molecule has 1 rings (SSSR count). The lowest BCUT2D eigenvalue weighted by molar-refractivity contribution is -0.143. The lowest BCUT2D eigenvalue weighted by Gasteiger charge is -2.24. The number of benzene rings is 1. The molecule has 0 aliphatic heterocycles. The van der Waals surface area contributed by atoms with Gasteiger partial charge in [0.15, 0.2) is 0 Å². The highest BCUT2D eigenvalue weighted by Gasteiger charge is 2.38. The van der Waals surface area contributed by atoms with E-state index in [9.17, 15) is 26.3 Å². The van der Waals surface area contributed by atoms with Crippen molar-refractivity contribution in [1.82, 2.24) is 0 Å². The molecule has 0 aliphatic rings. The third-order valence-electron chi connectivity index (χ3n) is 3.53. The molecule has 0 unspecified atom stereocenters. The fourth-order valence-electron chi connectivity index (χ4n) is 2.23. The fourth-order valence-corrected chi connectivity index (χ4v) is 3.95. The van der Waals surface area contributed by atoms with Crippen LogP contribution in [0, 0.1) is 0 Å². The molecule has 0 N–H and O–H groups in total. The van der Waals surface area contributed by atoms with Crippen molar-refractivity contribution >= 4 is 8.80 Å². The minimum absolute atomic E-state index is 0.0117. The summed E-state index contributed by atoms with van der Waals surface area (Å²) in [5.41, 5.74) is -2.69. The van der Waals surface area contributed by atoms with Crippen LogP contribution in [-0.2, 0) is 32.1 Å². The van der Waals surface area contributed by atoms with Crippen LogP contribution in [-0.4, -0.2) is 30.1 Å². The Bertz CT molecular complexity index is 500. The van der Waals surface area contributed by atoms with E-state index < -0.39 is 32.3 Å². The predicted molar refractivity (Wildman–Crippen MR) is 76.4 cm³/mol. The summed E-state index contributed by atoms with van der Waals surface area (Å²) in [5, 5.41) is 0. The van der Waals surface area contributed by atoms with Crippen LogP contribution in [0.4, 0.5) is 26.3 Å². The third-order valence-corrected chi connectivity index (χ3v) is 6.36. The van der Waals surface area contributed by atoms with Crippen LogP contribution in [0.3, 0.4) is 0 Å². The van der Waals surface area contributed by atoms with E-state index in [0.717, 1.165) is 12.1 Å². The predicted octanol–water partition coefficient (Wildman–Crippen LogP) is 4.53. The molecule has 0 radical (unpaired) electrons. The Morgan fingerprint density at radius 1 is 0.792 bits per heavy atom. The van der Waals surface area contributed by atoms with Gasteiger partial charge in [-0.1, -0.05) is 0 Å². The van der Waals surface area contributed by atoms with Crippen LogP contribution in [0.15, 0.2) is 18.2 Å². The van der Waals surface area contributed by atoms with E-state index in [4.69, 9.17) is 13.3 Å². The Balaban J connectivity index is 2.99. The zero-order valence-electron chi connectivity index (χ0n) is 13.3. The minimum Gasteiger partial charge on any atom is -0.377 e. The molecule has 0 saturated carbocycles. The monoisotopic (exact) mass is 376 g/mol. The SMILES string of the molecule is CO[Si](CCCc1cc(C(F)(F)F)cc(C(F)(F)F)c1)(OC)OC. The van der Waals surface area contributed by atoms with Gasteiger partial charge in [-0.05, 0) is 36.6 Å². The van der Waals surface area contributed by atoms with Gasteiger partial charge in [0.1, 0.15) is 0 Å². The molecule has 0 fully saturated rings. The number of halogens is 6. The molecule has 0 heterocycles. The molecule has 0 atom stereocenters. The maximum atomic E-state index is 12.8. The highest BCUT2D eigenvalue weighted by molar-refractivity contribution is 6.60. The summed E-state index contributed by atoms with van der Waals surface area (Å²) >= 11 is 0. The summed E-state index contributed by atoms with van der Waals surface area (Å²) in [6.07, 6.45) is -9.42. The van der Waals surface area contributed by atoms with Gasteiger partial charge in [0.2, 0.25) is 0 Å². The van der Waals surface area contributed by atoms with Crippen molar-refractivity contribution in [3.63, 3.8) is 0 Å². The van der Waals surface area contributed by atoms with E-state index in [0.29, 0.717) is 0 Å². The van der Waals surface area contributed by atoms with Crippen LogP contribution >= 0.6 is 0 Å². The molecule has 24 heavy (non-hydrogen) atoms. The molecule has 0 saturated heterocycles. The molecule has 10 heteroatoms. The van der Waals surface area contributed by atoms with E-state index in [1.807, 2.05) is 0 Å². The van der Waals surface area contributed by atoms with Crippen LogP contribution in [0.5, 0.6) is 0 Å². The van der Waals surface area contributed by atoms with Crippen molar-refractivity contribution in [2.45, 2.75) is 31.2 Å². The van der Waals surface area contributed by atoms with Gasteiger partial charge >= 0.3 is 21.2 Å². The van der Waals surface area contributed by atoms with Crippen molar-refractivity contribution in [3.8, 4) is 0 Å². The largest absolute Gasteiger partial charge is 0.500 e. The number of rotatable bonds is 7. The van der Waals surface area contributed by atoms with Crippen molar-refractivity contribution < 1.29 is 39.6 Å². The van der Waals surface area contributed by atoms with Crippen molar-refractivity contribution in [3.05, 3.63) is 34.9 Å². The first kappa shape index (κ1) is 20.9. The van der Waals surface area contributed by atoms with Gasteiger partial charge in [0.05, 0.1) is 11.1 Å². The number of aryl methyl sites for hydroxylation is 1. The number of alkyl halides is 6.